The molecule has 14 heavy (non-hydrogen) atoms. The van der Waals surface area contributed by atoms with Gasteiger partial charge in [0.25, 0.3) is 0 Å². The van der Waals surface area contributed by atoms with E-state index in [9.17, 15) is 0 Å². The first-order valence-electron chi connectivity index (χ1n) is 6.37. The topological polar surface area (TPSA) is 0 Å². The highest BCUT2D eigenvalue weighted by atomic mass is 14.7. The average molecular weight is 190 g/mol. The van der Waals surface area contributed by atoms with Gasteiger partial charge in [0.2, 0.25) is 0 Å². The van der Waals surface area contributed by atoms with E-state index in [1.165, 1.54) is 19.3 Å². The molecule has 0 aromatic carbocycles. The Balaban J connectivity index is 1.46. The third-order valence-electron chi connectivity index (χ3n) is 5.53. The van der Waals surface area contributed by atoms with Crippen molar-refractivity contribution in [1.29, 1.82) is 0 Å². The van der Waals surface area contributed by atoms with Crippen molar-refractivity contribution in [3.63, 3.8) is 0 Å². The summed E-state index contributed by atoms with van der Waals surface area (Å²) >= 11 is 0. The molecule has 78 valence electrons. The fourth-order valence-electron chi connectivity index (χ4n) is 4.01. The highest BCUT2D eigenvalue weighted by molar-refractivity contribution is 5.11. The van der Waals surface area contributed by atoms with E-state index in [1.54, 1.807) is 19.3 Å². The molecular formula is C14H22. The summed E-state index contributed by atoms with van der Waals surface area (Å²) in [6.45, 7) is 6.35. The van der Waals surface area contributed by atoms with Gasteiger partial charge in [-0.1, -0.05) is 13.0 Å². The Hall–Kier alpha value is -0.260. The van der Waals surface area contributed by atoms with Crippen molar-refractivity contribution in [1.82, 2.24) is 0 Å². The molecular weight excluding hydrogens is 168 g/mol. The van der Waals surface area contributed by atoms with E-state index < -0.39 is 0 Å². The minimum absolute atomic E-state index is 0.869. The Morgan fingerprint density at radius 1 is 1.43 bits per heavy atom. The number of rotatable bonds is 3. The van der Waals surface area contributed by atoms with Crippen LogP contribution in [0.15, 0.2) is 12.7 Å². The molecule has 3 aliphatic carbocycles. The minimum atomic E-state index is 0.869. The van der Waals surface area contributed by atoms with Crippen LogP contribution in [0.5, 0.6) is 0 Å². The van der Waals surface area contributed by atoms with Gasteiger partial charge in [0.15, 0.2) is 0 Å². The molecule has 3 atom stereocenters. The molecule has 0 aromatic rings. The van der Waals surface area contributed by atoms with E-state index in [2.05, 4.69) is 19.6 Å². The van der Waals surface area contributed by atoms with Gasteiger partial charge in [0, 0.05) is 0 Å². The van der Waals surface area contributed by atoms with Crippen LogP contribution in [0.2, 0.25) is 0 Å². The lowest BCUT2D eigenvalue weighted by Crippen LogP contribution is -2.29. The predicted octanol–water partition coefficient (Wildman–Crippen LogP) is 4.02. The first-order chi connectivity index (χ1) is 6.74. The standard InChI is InChI=1S/C14H22/c1-3-11-6-12(7-11)8-13-9-14(13)5-4-10(14)2/h3,10-13H,1,4-9H2,2H3. The quantitative estimate of drug-likeness (QED) is 0.589. The van der Waals surface area contributed by atoms with Crippen molar-refractivity contribution >= 4 is 0 Å². The maximum atomic E-state index is 3.88. The van der Waals surface area contributed by atoms with Crippen molar-refractivity contribution in [2.75, 3.05) is 0 Å². The molecule has 0 heteroatoms. The zero-order chi connectivity index (χ0) is 9.76. The highest BCUT2D eigenvalue weighted by Gasteiger charge is 2.61. The molecule has 0 saturated heterocycles. The number of hydrogen-bond acceptors (Lipinski definition) is 0. The zero-order valence-corrected chi connectivity index (χ0v) is 9.34. The maximum absolute atomic E-state index is 3.88. The molecule has 0 radical (unpaired) electrons. The van der Waals surface area contributed by atoms with E-state index >= 15 is 0 Å². The van der Waals surface area contributed by atoms with E-state index in [0.29, 0.717) is 0 Å². The maximum Gasteiger partial charge on any atom is -0.0231 e. The summed E-state index contributed by atoms with van der Waals surface area (Å²) < 4.78 is 0. The third kappa shape index (κ3) is 1.12. The SMILES string of the molecule is C=CC1CC(CC2CC23CCC3C)C1. The smallest absolute Gasteiger partial charge is 0.0231 e. The molecule has 3 rings (SSSR count). The van der Waals surface area contributed by atoms with Gasteiger partial charge < -0.3 is 0 Å². The van der Waals surface area contributed by atoms with Crippen LogP contribution >= 0.6 is 0 Å². The van der Waals surface area contributed by atoms with Gasteiger partial charge in [-0.25, -0.2) is 0 Å². The molecule has 1 spiro atoms. The van der Waals surface area contributed by atoms with Crippen molar-refractivity contribution in [3.8, 4) is 0 Å². The van der Waals surface area contributed by atoms with Crippen LogP contribution in [0.3, 0.4) is 0 Å². The average Bonchev–Trinajstić information content (AvgIpc) is 2.85. The summed E-state index contributed by atoms with van der Waals surface area (Å²) in [4.78, 5) is 0. The van der Waals surface area contributed by atoms with Crippen LogP contribution in [0.25, 0.3) is 0 Å². The summed E-state index contributed by atoms with van der Waals surface area (Å²) in [5.41, 5.74) is 0.874. The normalized spacial score (nSPS) is 54.9. The molecule has 3 fully saturated rings. The van der Waals surface area contributed by atoms with Crippen LogP contribution < -0.4 is 0 Å². The van der Waals surface area contributed by atoms with Crippen LogP contribution in [-0.4, -0.2) is 0 Å². The summed E-state index contributed by atoms with van der Waals surface area (Å²) in [5, 5.41) is 0. The fraction of sp³-hybridized carbons (Fsp3) is 0.857. The second-order valence-electron chi connectivity index (χ2n) is 6.14. The first kappa shape index (κ1) is 9.00. The molecule has 0 N–H and O–H groups in total. The van der Waals surface area contributed by atoms with Gasteiger partial charge in [-0.05, 0) is 67.6 Å². The van der Waals surface area contributed by atoms with Crippen molar-refractivity contribution < 1.29 is 0 Å². The van der Waals surface area contributed by atoms with E-state index in [1.807, 2.05) is 0 Å². The zero-order valence-electron chi connectivity index (χ0n) is 9.34. The largest absolute Gasteiger partial charge is 0.103 e. The van der Waals surface area contributed by atoms with Crippen molar-refractivity contribution in [3.05, 3.63) is 12.7 Å². The Kier molecular flexibility index (Phi) is 1.84. The molecule has 0 nitrogen and oxygen atoms in total. The molecule has 3 aliphatic rings. The summed E-state index contributed by atoms with van der Waals surface area (Å²) in [5.74, 6) is 4.12. The Labute approximate surface area is 87.8 Å². The lowest BCUT2D eigenvalue weighted by Gasteiger charge is -2.38. The fourth-order valence-corrected chi connectivity index (χ4v) is 4.01. The monoisotopic (exact) mass is 190 g/mol. The number of hydrogen-bond donors (Lipinski definition) is 0. The summed E-state index contributed by atoms with van der Waals surface area (Å²) in [6, 6.07) is 0. The van der Waals surface area contributed by atoms with Crippen LogP contribution in [-0.2, 0) is 0 Å². The van der Waals surface area contributed by atoms with Crippen molar-refractivity contribution in [2.45, 2.75) is 45.4 Å². The molecule has 3 saturated carbocycles. The van der Waals surface area contributed by atoms with Crippen LogP contribution in [0.1, 0.15) is 45.4 Å². The number of allylic oxidation sites excluding steroid dienone is 1. The molecule has 0 amide bonds. The Morgan fingerprint density at radius 2 is 2.21 bits per heavy atom. The van der Waals surface area contributed by atoms with Gasteiger partial charge in [-0.3, -0.25) is 0 Å². The van der Waals surface area contributed by atoms with Gasteiger partial charge >= 0.3 is 0 Å². The second-order valence-corrected chi connectivity index (χ2v) is 6.14. The molecule has 0 heterocycles. The Morgan fingerprint density at radius 3 is 2.64 bits per heavy atom. The molecule has 0 aliphatic heterocycles. The highest BCUT2D eigenvalue weighted by Crippen LogP contribution is 2.70. The lowest BCUT2D eigenvalue weighted by molar-refractivity contribution is 0.123. The minimum Gasteiger partial charge on any atom is -0.103 e. The second kappa shape index (κ2) is 2.87. The van der Waals surface area contributed by atoms with Gasteiger partial charge in [0.05, 0.1) is 0 Å². The van der Waals surface area contributed by atoms with Crippen molar-refractivity contribution in [2.24, 2.45) is 29.1 Å². The Bertz CT molecular complexity index is 249. The predicted molar refractivity (Wildman–Crippen MR) is 60.0 cm³/mol. The van der Waals surface area contributed by atoms with E-state index in [4.69, 9.17) is 0 Å². The summed E-state index contributed by atoms with van der Waals surface area (Å²) in [6.07, 6.45) is 11.2. The van der Waals surface area contributed by atoms with E-state index in [0.717, 1.165) is 29.1 Å². The molecule has 0 bridgehead atoms. The lowest BCUT2D eigenvalue weighted by atomic mass is 9.67. The van der Waals surface area contributed by atoms with Gasteiger partial charge in [-0.15, -0.1) is 6.58 Å². The molecule has 0 aromatic heterocycles. The molecule has 3 unspecified atom stereocenters. The third-order valence-corrected chi connectivity index (χ3v) is 5.53. The van der Waals surface area contributed by atoms with Crippen LogP contribution in [0, 0.1) is 29.1 Å². The summed E-state index contributed by atoms with van der Waals surface area (Å²) in [7, 11) is 0. The first-order valence-corrected chi connectivity index (χ1v) is 6.37. The van der Waals surface area contributed by atoms with Crippen LogP contribution in [0.4, 0.5) is 0 Å². The van der Waals surface area contributed by atoms with Gasteiger partial charge in [0.1, 0.15) is 0 Å². The van der Waals surface area contributed by atoms with Gasteiger partial charge in [-0.2, -0.15) is 0 Å². The van der Waals surface area contributed by atoms with E-state index in [-0.39, 0.29) is 0 Å².